The molecule has 2 fully saturated rings. The number of nitrogens with zero attached hydrogens (tertiary/aromatic N) is 2. The first-order chi connectivity index (χ1) is 11.2. The minimum atomic E-state index is -0.718. The quantitative estimate of drug-likeness (QED) is 0.857. The molecule has 0 aliphatic carbocycles. The Labute approximate surface area is 141 Å². The van der Waals surface area contributed by atoms with E-state index in [4.69, 9.17) is 4.74 Å². The summed E-state index contributed by atoms with van der Waals surface area (Å²) < 4.78 is 5.56. The van der Waals surface area contributed by atoms with Crippen molar-refractivity contribution in [3.63, 3.8) is 0 Å². The van der Waals surface area contributed by atoms with Gasteiger partial charge in [-0.15, -0.1) is 11.3 Å². The number of hydrogen-bond acceptors (Lipinski definition) is 6. The number of hydrogen-bond donors (Lipinski definition) is 2. The molecule has 3 rings (SSSR count). The van der Waals surface area contributed by atoms with Gasteiger partial charge < -0.3 is 10.1 Å². The number of carbonyl (C=O) groups is 1. The fraction of sp³-hybridized carbons (Fsp3) is 0.750. The van der Waals surface area contributed by atoms with E-state index in [2.05, 4.69) is 20.5 Å². The lowest BCUT2D eigenvalue weighted by Crippen LogP contribution is -2.51. The van der Waals surface area contributed by atoms with Gasteiger partial charge in [-0.3, -0.25) is 15.0 Å². The summed E-state index contributed by atoms with van der Waals surface area (Å²) >= 11 is 1.50. The van der Waals surface area contributed by atoms with Gasteiger partial charge in [0.15, 0.2) is 5.13 Å². The van der Waals surface area contributed by atoms with Crippen LogP contribution < -0.4 is 10.6 Å². The fourth-order valence-corrected chi connectivity index (χ4v) is 4.05. The first-order valence-electron chi connectivity index (χ1n) is 8.46. The number of amides is 1. The summed E-state index contributed by atoms with van der Waals surface area (Å²) in [4.78, 5) is 19.6. The van der Waals surface area contributed by atoms with Crippen LogP contribution in [0.25, 0.3) is 0 Å². The van der Waals surface area contributed by atoms with Crippen molar-refractivity contribution in [3.8, 4) is 0 Å². The number of methoxy groups -OCH3 is 1. The molecule has 2 saturated heterocycles. The van der Waals surface area contributed by atoms with Crippen LogP contribution in [0.4, 0.5) is 5.13 Å². The van der Waals surface area contributed by atoms with Crippen LogP contribution >= 0.6 is 11.3 Å². The molecule has 0 bridgehead atoms. The highest BCUT2D eigenvalue weighted by Crippen LogP contribution is 2.26. The highest BCUT2D eigenvalue weighted by atomic mass is 32.1. The molecule has 7 heteroatoms. The standard InChI is InChI=1S/C16H26N4O2S/c1-22-16(5-7-17-8-6-16)14(21)19-15-18-13(12-23-15)11-20-9-3-2-4-10-20/h12,17H,2-11H2,1H3,(H,18,19,21). The molecule has 1 amide bonds. The minimum absolute atomic E-state index is 0.0691. The van der Waals surface area contributed by atoms with Crippen LogP contribution in [0.5, 0.6) is 0 Å². The summed E-state index contributed by atoms with van der Waals surface area (Å²) in [6.45, 7) is 4.79. The number of likely N-dealkylation sites (tertiary alicyclic amines) is 1. The highest BCUT2D eigenvalue weighted by Gasteiger charge is 2.40. The van der Waals surface area contributed by atoms with E-state index in [1.54, 1.807) is 7.11 Å². The Balaban J connectivity index is 1.58. The topological polar surface area (TPSA) is 66.5 Å². The molecule has 0 aromatic carbocycles. The van der Waals surface area contributed by atoms with Crippen LogP contribution in [0, 0.1) is 0 Å². The predicted molar refractivity (Wildman–Crippen MR) is 91.7 cm³/mol. The van der Waals surface area contributed by atoms with Gasteiger partial charge in [0.05, 0.1) is 5.69 Å². The van der Waals surface area contributed by atoms with Gasteiger partial charge >= 0.3 is 0 Å². The first-order valence-corrected chi connectivity index (χ1v) is 9.34. The van der Waals surface area contributed by atoms with E-state index in [9.17, 15) is 4.79 Å². The average Bonchev–Trinajstić information content (AvgIpc) is 3.03. The van der Waals surface area contributed by atoms with E-state index in [1.165, 1.54) is 30.6 Å². The smallest absolute Gasteiger partial charge is 0.258 e. The normalized spacial score (nSPS) is 22.0. The van der Waals surface area contributed by atoms with Gasteiger partial charge in [0.2, 0.25) is 0 Å². The summed E-state index contributed by atoms with van der Waals surface area (Å²) in [5.41, 5.74) is 0.327. The van der Waals surface area contributed by atoms with Crippen LogP contribution in [0.2, 0.25) is 0 Å². The Morgan fingerprint density at radius 1 is 1.39 bits per heavy atom. The van der Waals surface area contributed by atoms with Gasteiger partial charge in [-0.2, -0.15) is 0 Å². The van der Waals surface area contributed by atoms with Crippen molar-refractivity contribution in [2.75, 3.05) is 38.6 Å². The molecule has 0 atom stereocenters. The van der Waals surface area contributed by atoms with Crippen LogP contribution in [0.15, 0.2) is 5.38 Å². The van der Waals surface area contributed by atoms with Crippen molar-refractivity contribution >= 4 is 22.4 Å². The molecular weight excluding hydrogens is 312 g/mol. The van der Waals surface area contributed by atoms with Gasteiger partial charge in [-0.1, -0.05) is 6.42 Å². The van der Waals surface area contributed by atoms with Crippen molar-refractivity contribution < 1.29 is 9.53 Å². The van der Waals surface area contributed by atoms with Gasteiger partial charge in [-0.25, -0.2) is 4.98 Å². The Hall–Kier alpha value is -1.02. The third-order valence-electron chi connectivity index (χ3n) is 4.82. The van der Waals surface area contributed by atoms with Crippen molar-refractivity contribution in [2.24, 2.45) is 0 Å². The molecule has 1 aromatic rings. The molecule has 3 heterocycles. The summed E-state index contributed by atoms with van der Waals surface area (Å²) in [7, 11) is 1.62. The van der Waals surface area contributed by atoms with E-state index in [1.807, 2.05) is 5.38 Å². The largest absolute Gasteiger partial charge is 0.368 e. The number of rotatable bonds is 5. The third kappa shape index (κ3) is 4.09. The van der Waals surface area contributed by atoms with Crippen LogP contribution in [-0.4, -0.2) is 54.7 Å². The molecule has 0 unspecified atom stereocenters. The SMILES string of the molecule is COC1(C(=O)Nc2nc(CN3CCCCC3)cs2)CCNCC1. The van der Waals surface area contributed by atoms with E-state index in [0.29, 0.717) is 18.0 Å². The van der Waals surface area contributed by atoms with Gasteiger partial charge in [-0.05, 0) is 51.9 Å². The zero-order valence-electron chi connectivity index (χ0n) is 13.8. The summed E-state index contributed by atoms with van der Waals surface area (Å²) in [6.07, 6.45) is 5.28. The molecule has 2 aliphatic rings. The maximum atomic E-state index is 12.6. The summed E-state index contributed by atoms with van der Waals surface area (Å²) in [5, 5.41) is 8.95. The Morgan fingerprint density at radius 3 is 2.83 bits per heavy atom. The third-order valence-corrected chi connectivity index (χ3v) is 5.63. The van der Waals surface area contributed by atoms with Gasteiger partial charge in [0, 0.05) is 19.0 Å². The maximum absolute atomic E-state index is 12.6. The number of ether oxygens (including phenoxy) is 1. The summed E-state index contributed by atoms with van der Waals surface area (Å²) in [6, 6.07) is 0. The molecule has 128 valence electrons. The molecule has 0 radical (unpaired) electrons. The Bertz CT molecular complexity index is 522. The van der Waals surface area contributed by atoms with E-state index >= 15 is 0 Å². The number of aromatic nitrogens is 1. The molecule has 0 saturated carbocycles. The second-order valence-corrected chi connectivity index (χ2v) is 7.24. The van der Waals surface area contributed by atoms with Crippen LogP contribution in [-0.2, 0) is 16.1 Å². The summed E-state index contributed by atoms with van der Waals surface area (Å²) in [5.74, 6) is -0.0691. The highest BCUT2D eigenvalue weighted by molar-refractivity contribution is 7.13. The number of nitrogens with one attached hydrogen (secondary N) is 2. The minimum Gasteiger partial charge on any atom is -0.368 e. The lowest BCUT2D eigenvalue weighted by Gasteiger charge is -2.34. The maximum Gasteiger partial charge on any atom is 0.258 e. The second kappa shape index (κ2) is 7.70. The zero-order valence-corrected chi connectivity index (χ0v) is 14.6. The van der Waals surface area contributed by atoms with Crippen molar-refractivity contribution in [1.82, 2.24) is 15.2 Å². The number of anilines is 1. The molecule has 1 aromatic heterocycles. The second-order valence-electron chi connectivity index (χ2n) is 6.38. The van der Waals surface area contributed by atoms with Crippen LogP contribution in [0.1, 0.15) is 37.8 Å². The number of carbonyl (C=O) groups excluding carboxylic acids is 1. The molecule has 0 spiro atoms. The molecule has 23 heavy (non-hydrogen) atoms. The van der Waals surface area contributed by atoms with E-state index in [-0.39, 0.29) is 5.91 Å². The number of piperidine rings is 2. The molecule has 2 aliphatic heterocycles. The monoisotopic (exact) mass is 338 g/mol. The van der Waals surface area contributed by atoms with E-state index in [0.717, 1.165) is 38.4 Å². The van der Waals surface area contributed by atoms with Crippen LogP contribution in [0.3, 0.4) is 0 Å². The number of thiazole rings is 1. The fourth-order valence-electron chi connectivity index (χ4n) is 3.35. The zero-order chi connectivity index (χ0) is 16.1. The van der Waals surface area contributed by atoms with Crippen molar-refractivity contribution in [2.45, 2.75) is 44.2 Å². The van der Waals surface area contributed by atoms with Crippen molar-refractivity contribution in [3.05, 3.63) is 11.1 Å². The van der Waals surface area contributed by atoms with E-state index < -0.39 is 5.60 Å². The Morgan fingerprint density at radius 2 is 2.13 bits per heavy atom. The lowest BCUT2D eigenvalue weighted by molar-refractivity contribution is -0.140. The Kier molecular flexibility index (Phi) is 5.63. The first kappa shape index (κ1) is 16.8. The molecule has 6 nitrogen and oxygen atoms in total. The lowest BCUT2D eigenvalue weighted by atomic mass is 9.91. The average molecular weight is 338 g/mol. The molecular formula is C16H26N4O2S. The van der Waals surface area contributed by atoms with Gasteiger partial charge in [0.1, 0.15) is 5.60 Å². The predicted octanol–water partition coefficient (Wildman–Crippen LogP) is 1.84. The van der Waals surface area contributed by atoms with Crippen molar-refractivity contribution in [1.29, 1.82) is 0 Å². The molecule has 2 N–H and O–H groups in total. The van der Waals surface area contributed by atoms with Gasteiger partial charge in [0.25, 0.3) is 5.91 Å².